The Hall–Kier alpha value is -1.61. The molecule has 21 heavy (non-hydrogen) atoms. The number of hydrogen-bond donors (Lipinski definition) is 0. The maximum Gasteiger partial charge on any atom is 0.0685 e. The summed E-state index contributed by atoms with van der Waals surface area (Å²) < 4.78 is 2.10. The van der Waals surface area contributed by atoms with Crippen LogP contribution in [0, 0.1) is 0 Å². The monoisotopic (exact) mass is 285 g/mol. The third-order valence-corrected chi connectivity index (χ3v) is 3.57. The van der Waals surface area contributed by atoms with E-state index >= 15 is 0 Å². The van der Waals surface area contributed by atoms with Gasteiger partial charge in [0.05, 0.1) is 11.4 Å². The fourth-order valence-corrected chi connectivity index (χ4v) is 2.41. The predicted molar refractivity (Wildman–Crippen MR) is 89.0 cm³/mol. The fraction of sp³-hybridized carbons (Fsp3) is 0.500. The highest BCUT2D eigenvalue weighted by Crippen LogP contribution is 2.24. The lowest BCUT2D eigenvalue weighted by Gasteiger charge is -2.14. The molecule has 1 aromatic heterocycles. The predicted octanol–water partition coefficient (Wildman–Crippen LogP) is 3.79. The molecule has 0 radical (unpaired) electrons. The minimum atomic E-state index is 0.0798. The van der Waals surface area contributed by atoms with Crippen LogP contribution in [0.4, 0.5) is 0 Å². The van der Waals surface area contributed by atoms with Crippen molar-refractivity contribution in [1.82, 2.24) is 14.7 Å². The summed E-state index contributed by atoms with van der Waals surface area (Å²) in [5.74, 6) is 0. The van der Waals surface area contributed by atoms with E-state index < -0.39 is 0 Å². The highest BCUT2D eigenvalue weighted by atomic mass is 15.3. The van der Waals surface area contributed by atoms with Crippen molar-refractivity contribution in [2.45, 2.75) is 46.1 Å². The molecule has 0 spiro atoms. The van der Waals surface area contributed by atoms with Gasteiger partial charge in [-0.25, -0.2) is 4.68 Å². The summed E-state index contributed by atoms with van der Waals surface area (Å²) in [6.45, 7) is 9.76. The molecule has 3 heteroatoms. The van der Waals surface area contributed by atoms with Gasteiger partial charge in [-0.15, -0.1) is 0 Å². The summed E-state index contributed by atoms with van der Waals surface area (Å²) in [6.07, 6.45) is 0.987. The SMILES string of the molecule is CCc1cc(C(C)(C)C)nn1-c1cccc(CN(C)C)c1. The second-order valence-electron chi connectivity index (χ2n) is 6.94. The van der Waals surface area contributed by atoms with E-state index in [0.717, 1.165) is 24.3 Å². The molecular weight excluding hydrogens is 258 g/mol. The normalized spacial score (nSPS) is 12.1. The molecule has 1 heterocycles. The second kappa shape index (κ2) is 6.02. The van der Waals surface area contributed by atoms with E-state index in [4.69, 9.17) is 5.10 Å². The molecular formula is C18H27N3. The van der Waals surface area contributed by atoms with Gasteiger partial charge in [-0.1, -0.05) is 39.8 Å². The third-order valence-electron chi connectivity index (χ3n) is 3.57. The van der Waals surface area contributed by atoms with Gasteiger partial charge in [0.2, 0.25) is 0 Å². The third kappa shape index (κ3) is 3.73. The Kier molecular flexibility index (Phi) is 4.52. The maximum atomic E-state index is 4.85. The number of rotatable bonds is 4. The van der Waals surface area contributed by atoms with Gasteiger partial charge in [0.25, 0.3) is 0 Å². The van der Waals surface area contributed by atoms with Crippen LogP contribution in [0.15, 0.2) is 30.3 Å². The van der Waals surface area contributed by atoms with Crippen molar-refractivity contribution in [3.8, 4) is 5.69 Å². The van der Waals surface area contributed by atoms with Gasteiger partial charge >= 0.3 is 0 Å². The fourth-order valence-electron chi connectivity index (χ4n) is 2.41. The molecule has 2 aromatic rings. The van der Waals surface area contributed by atoms with E-state index in [1.165, 1.54) is 11.3 Å². The van der Waals surface area contributed by atoms with E-state index in [0.29, 0.717) is 0 Å². The molecule has 0 N–H and O–H groups in total. The number of benzene rings is 1. The van der Waals surface area contributed by atoms with Crippen molar-refractivity contribution in [3.05, 3.63) is 47.3 Å². The average Bonchev–Trinajstić information content (AvgIpc) is 2.82. The van der Waals surface area contributed by atoms with Crippen LogP contribution < -0.4 is 0 Å². The molecule has 0 atom stereocenters. The first-order valence-electron chi connectivity index (χ1n) is 7.64. The van der Waals surface area contributed by atoms with Crippen LogP contribution in [0.5, 0.6) is 0 Å². The van der Waals surface area contributed by atoms with Crippen LogP contribution in [0.2, 0.25) is 0 Å². The van der Waals surface area contributed by atoms with Crippen LogP contribution in [-0.4, -0.2) is 28.8 Å². The Morgan fingerprint density at radius 1 is 1.14 bits per heavy atom. The standard InChI is InChI=1S/C18H27N3/c1-7-15-12-17(18(2,3)4)19-21(15)16-10-8-9-14(11-16)13-20(5)6/h8-12H,7,13H2,1-6H3. The first-order chi connectivity index (χ1) is 9.81. The number of aromatic nitrogens is 2. The number of hydrogen-bond acceptors (Lipinski definition) is 2. The largest absolute Gasteiger partial charge is 0.305 e. The van der Waals surface area contributed by atoms with Crippen LogP contribution in [0.1, 0.15) is 44.6 Å². The van der Waals surface area contributed by atoms with Crippen molar-refractivity contribution >= 4 is 0 Å². The van der Waals surface area contributed by atoms with Gasteiger partial charge in [-0.05, 0) is 44.3 Å². The quantitative estimate of drug-likeness (QED) is 0.852. The Balaban J connectivity index is 2.43. The molecule has 3 nitrogen and oxygen atoms in total. The van der Waals surface area contributed by atoms with Gasteiger partial charge in [0.15, 0.2) is 0 Å². The van der Waals surface area contributed by atoms with Crippen molar-refractivity contribution in [2.24, 2.45) is 0 Å². The van der Waals surface area contributed by atoms with E-state index in [9.17, 15) is 0 Å². The summed E-state index contributed by atoms with van der Waals surface area (Å²) in [6, 6.07) is 10.9. The lowest BCUT2D eigenvalue weighted by molar-refractivity contribution is 0.402. The zero-order chi connectivity index (χ0) is 15.6. The zero-order valence-electron chi connectivity index (χ0n) is 14.1. The molecule has 0 bridgehead atoms. The van der Waals surface area contributed by atoms with Gasteiger partial charge < -0.3 is 4.90 Å². The van der Waals surface area contributed by atoms with E-state index in [1.807, 2.05) is 0 Å². The van der Waals surface area contributed by atoms with Crippen molar-refractivity contribution in [1.29, 1.82) is 0 Å². The summed E-state index contributed by atoms with van der Waals surface area (Å²) in [7, 11) is 4.19. The number of aryl methyl sites for hydroxylation is 1. The second-order valence-corrected chi connectivity index (χ2v) is 6.94. The van der Waals surface area contributed by atoms with Crippen LogP contribution in [-0.2, 0) is 18.4 Å². The summed E-state index contributed by atoms with van der Waals surface area (Å²) >= 11 is 0. The molecule has 0 aliphatic rings. The smallest absolute Gasteiger partial charge is 0.0685 e. The molecule has 0 amide bonds. The van der Waals surface area contributed by atoms with Crippen LogP contribution >= 0.6 is 0 Å². The van der Waals surface area contributed by atoms with Crippen molar-refractivity contribution in [3.63, 3.8) is 0 Å². The Labute approximate surface area is 128 Å². The first-order valence-corrected chi connectivity index (χ1v) is 7.64. The highest BCUT2D eigenvalue weighted by molar-refractivity contribution is 5.38. The lowest BCUT2D eigenvalue weighted by Crippen LogP contribution is -2.13. The Bertz CT molecular complexity index is 603. The van der Waals surface area contributed by atoms with Gasteiger partial charge in [0.1, 0.15) is 0 Å². The van der Waals surface area contributed by atoms with Gasteiger partial charge in [0, 0.05) is 17.7 Å². The van der Waals surface area contributed by atoms with Gasteiger partial charge in [-0.3, -0.25) is 0 Å². The molecule has 0 saturated carbocycles. The summed E-state index contributed by atoms with van der Waals surface area (Å²) in [5.41, 5.74) is 4.96. The Morgan fingerprint density at radius 3 is 2.43 bits per heavy atom. The maximum absolute atomic E-state index is 4.85. The molecule has 0 aliphatic carbocycles. The van der Waals surface area contributed by atoms with Gasteiger partial charge in [-0.2, -0.15) is 5.10 Å². The molecule has 0 saturated heterocycles. The molecule has 2 rings (SSSR count). The number of nitrogens with zero attached hydrogens (tertiary/aromatic N) is 3. The van der Waals surface area contributed by atoms with E-state index in [1.54, 1.807) is 0 Å². The van der Waals surface area contributed by atoms with E-state index in [-0.39, 0.29) is 5.41 Å². The minimum Gasteiger partial charge on any atom is -0.305 e. The molecule has 1 aromatic carbocycles. The van der Waals surface area contributed by atoms with Crippen LogP contribution in [0.25, 0.3) is 5.69 Å². The highest BCUT2D eigenvalue weighted by Gasteiger charge is 2.19. The topological polar surface area (TPSA) is 21.1 Å². The average molecular weight is 285 g/mol. The first kappa shape index (κ1) is 15.8. The van der Waals surface area contributed by atoms with E-state index in [2.05, 4.69) is 81.7 Å². The molecule has 0 fully saturated rings. The zero-order valence-corrected chi connectivity index (χ0v) is 14.1. The van der Waals surface area contributed by atoms with Crippen molar-refractivity contribution < 1.29 is 0 Å². The molecule has 0 aliphatic heterocycles. The van der Waals surface area contributed by atoms with Crippen molar-refractivity contribution in [2.75, 3.05) is 14.1 Å². The summed E-state index contributed by atoms with van der Waals surface area (Å²) in [4.78, 5) is 2.18. The lowest BCUT2D eigenvalue weighted by atomic mass is 9.92. The minimum absolute atomic E-state index is 0.0798. The molecule has 0 unspecified atom stereocenters. The summed E-state index contributed by atoms with van der Waals surface area (Å²) in [5, 5.41) is 4.85. The molecule has 114 valence electrons. The van der Waals surface area contributed by atoms with Crippen LogP contribution in [0.3, 0.4) is 0 Å². The Morgan fingerprint density at radius 2 is 1.86 bits per heavy atom.